The maximum atomic E-state index is 11.8. The summed E-state index contributed by atoms with van der Waals surface area (Å²) in [4.78, 5) is 15.7. The number of hydrogen-bond donors (Lipinski definition) is 2. The summed E-state index contributed by atoms with van der Waals surface area (Å²) in [6, 6.07) is 7.18. The standard InChI is InChI=1S/C14H14N2O4S/c1-21(19,20)12-3-2-11(13(17)8-12)9-16-14(18)10-4-6-15-7-5-10/h2-8,17H,9H2,1H3,(H,16,18). The normalized spacial score (nSPS) is 11.1. The maximum Gasteiger partial charge on any atom is 0.251 e. The number of benzene rings is 1. The fraction of sp³-hybridized carbons (Fsp3) is 0.143. The molecule has 0 aliphatic carbocycles. The average Bonchev–Trinajstić information content (AvgIpc) is 2.45. The van der Waals surface area contributed by atoms with Crippen molar-refractivity contribution in [2.24, 2.45) is 0 Å². The molecule has 7 heteroatoms. The Bertz CT molecular complexity index is 758. The van der Waals surface area contributed by atoms with Crippen LogP contribution in [0.4, 0.5) is 0 Å². The van der Waals surface area contributed by atoms with Crippen molar-refractivity contribution in [1.29, 1.82) is 0 Å². The third-order valence-corrected chi connectivity index (χ3v) is 3.98. The SMILES string of the molecule is CS(=O)(=O)c1ccc(CNC(=O)c2ccncc2)c(O)c1. The van der Waals surface area contributed by atoms with Crippen LogP contribution in [0.2, 0.25) is 0 Å². The Labute approximate surface area is 122 Å². The van der Waals surface area contributed by atoms with Gasteiger partial charge in [0.15, 0.2) is 9.84 Å². The summed E-state index contributed by atoms with van der Waals surface area (Å²) < 4.78 is 22.7. The van der Waals surface area contributed by atoms with Gasteiger partial charge in [-0.3, -0.25) is 9.78 Å². The Hall–Kier alpha value is -2.41. The maximum absolute atomic E-state index is 11.8. The van der Waals surface area contributed by atoms with E-state index in [-0.39, 0.29) is 23.1 Å². The van der Waals surface area contributed by atoms with Crippen LogP contribution in [0.25, 0.3) is 0 Å². The molecule has 2 N–H and O–H groups in total. The van der Waals surface area contributed by atoms with E-state index < -0.39 is 9.84 Å². The third kappa shape index (κ3) is 3.79. The van der Waals surface area contributed by atoms with Crippen LogP contribution in [0.1, 0.15) is 15.9 Å². The fourth-order valence-electron chi connectivity index (χ4n) is 1.70. The van der Waals surface area contributed by atoms with Crippen LogP contribution in [-0.4, -0.2) is 30.7 Å². The lowest BCUT2D eigenvalue weighted by Crippen LogP contribution is -2.22. The number of amides is 1. The highest BCUT2D eigenvalue weighted by Gasteiger charge is 2.11. The molecule has 0 unspecified atom stereocenters. The Morgan fingerprint density at radius 2 is 1.90 bits per heavy atom. The molecule has 0 bridgehead atoms. The van der Waals surface area contributed by atoms with E-state index in [9.17, 15) is 18.3 Å². The first-order valence-corrected chi connectivity index (χ1v) is 7.97. The molecule has 110 valence electrons. The van der Waals surface area contributed by atoms with Gasteiger partial charge in [-0.15, -0.1) is 0 Å². The molecule has 1 aromatic carbocycles. The van der Waals surface area contributed by atoms with Crippen LogP contribution in [0.15, 0.2) is 47.6 Å². The highest BCUT2D eigenvalue weighted by Crippen LogP contribution is 2.21. The molecule has 0 radical (unpaired) electrons. The molecule has 6 nitrogen and oxygen atoms in total. The third-order valence-electron chi connectivity index (χ3n) is 2.87. The number of aromatic nitrogens is 1. The summed E-state index contributed by atoms with van der Waals surface area (Å²) in [5.74, 6) is -0.475. The number of aromatic hydroxyl groups is 1. The van der Waals surface area contributed by atoms with Crippen molar-refractivity contribution in [2.75, 3.05) is 6.26 Å². The molecule has 0 spiro atoms. The van der Waals surface area contributed by atoms with Gasteiger partial charge in [0.1, 0.15) is 5.75 Å². The molecule has 0 saturated carbocycles. The molecule has 0 atom stereocenters. The number of pyridine rings is 1. The minimum atomic E-state index is -3.37. The number of hydrogen-bond acceptors (Lipinski definition) is 5. The van der Waals surface area contributed by atoms with Gasteiger partial charge in [-0.1, -0.05) is 6.07 Å². The monoisotopic (exact) mass is 306 g/mol. The fourth-order valence-corrected chi connectivity index (χ4v) is 2.35. The minimum absolute atomic E-state index is 0.0317. The molecule has 1 heterocycles. The molecular weight excluding hydrogens is 292 g/mol. The summed E-state index contributed by atoms with van der Waals surface area (Å²) in [7, 11) is -3.37. The lowest BCUT2D eigenvalue weighted by Gasteiger charge is -2.08. The smallest absolute Gasteiger partial charge is 0.251 e. The molecule has 0 saturated heterocycles. The first-order chi connectivity index (χ1) is 9.88. The van der Waals surface area contributed by atoms with Gasteiger partial charge in [-0.2, -0.15) is 0 Å². The number of phenols is 1. The summed E-state index contributed by atoms with van der Waals surface area (Å²) in [6.07, 6.45) is 4.08. The van der Waals surface area contributed by atoms with E-state index in [4.69, 9.17) is 0 Å². The van der Waals surface area contributed by atoms with Gasteiger partial charge < -0.3 is 10.4 Å². The van der Waals surface area contributed by atoms with E-state index in [2.05, 4.69) is 10.3 Å². The van der Waals surface area contributed by atoms with Crippen molar-refractivity contribution in [1.82, 2.24) is 10.3 Å². The summed E-state index contributed by atoms with van der Waals surface area (Å²) >= 11 is 0. The van der Waals surface area contributed by atoms with E-state index in [0.717, 1.165) is 6.26 Å². The first-order valence-electron chi connectivity index (χ1n) is 6.08. The second-order valence-electron chi connectivity index (χ2n) is 4.48. The number of sulfone groups is 1. The molecular formula is C14H14N2O4S. The van der Waals surface area contributed by atoms with Crippen molar-refractivity contribution in [3.05, 3.63) is 53.9 Å². The second-order valence-corrected chi connectivity index (χ2v) is 6.50. The lowest BCUT2D eigenvalue weighted by atomic mass is 10.2. The predicted molar refractivity (Wildman–Crippen MR) is 76.6 cm³/mol. The molecule has 1 aromatic heterocycles. The molecule has 1 amide bonds. The number of nitrogens with zero attached hydrogens (tertiary/aromatic N) is 1. The van der Waals surface area contributed by atoms with Crippen LogP contribution >= 0.6 is 0 Å². The topological polar surface area (TPSA) is 96.4 Å². The van der Waals surface area contributed by atoms with Gasteiger partial charge in [0.2, 0.25) is 0 Å². The van der Waals surface area contributed by atoms with E-state index in [0.29, 0.717) is 11.1 Å². The van der Waals surface area contributed by atoms with E-state index in [1.807, 2.05) is 0 Å². The second kappa shape index (κ2) is 5.92. The average molecular weight is 306 g/mol. The highest BCUT2D eigenvalue weighted by atomic mass is 32.2. The Morgan fingerprint density at radius 3 is 2.48 bits per heavy atom. The van der Waals surface area contributed by atoms with Crippen LogP contribution < -0.4 is 5.32 Å². The predicted octanol–water partition coefficient (Wildman–Crippen LogP) is 1.12. The largest absolute Gasteiger partial charge is 0.508 e. The van der Waals surface area contributed by atoms with Crippen molar-refractivity contribution >= 4 is 15.7 Å². The number of nitrogens with one attached hydrogen (secondary N) is 1. The quantitative estimate of drug-likeness (QED) is 0.882. The van der Waals surface area contributed by atoms with Gasteiger partial charge >= 0.3 is 0 Å². The molecule has 0 aliphatic heterocycles. The number of carbonyl (C=O) groups is 1. The van der Waals surface area contributed by atoms with Crippen molar-refractivity contribution in [3.8, 4) is 5.75 Å². The zero-order valence-corrected chi connectivity index (χ0v) is 12.1. The molecule has 0 aliphatic rings. The molecule has 2 rings (SSSR count). The van der Waals surface area contributed by atoms with E-state index in [1.165, 1.54) is 30.6 Å². The van der Waals surface area contributed by atoms with Gasteiger partial charge in [-0.05, 0) is 24.3 Å². The summed E-state index contributed by atoms with van der Waals surface area (Å²) in [5, 5.41) is 12.5. The zero-order chi connectivity index (χ0) is 15.5. The van der Waals surface area contributed by atoms with Gasteiger partial charge in [0.25, 0.3) is 5.91 Å². The Balaban J connectivity index is 2.09. The van der Waals surface area contributed by atoms with Crippen molar-refractivity contribution < 1.29 is 18.3 Å². The minimum Gasteiger partial charge on any atom is -0.508 e. The summed E-state index contributed by atoms with van der Waals surface area (Å²) in [5.41, 5.74) is 0.891. The highest BCUT2D eigenvalue weighted by molar-refractivity contribution is 7.90. The number of phenolic OH excluding ortho intramolecular Hbond substituents is 1. The number of rotatable bonds is 4. The van der Waals surface area contributed by atoms with Gasteiger partial charge in [0.05, 0.1) is 4.90 Å². The molecule has 0 fully saturated rings. The van der Waals surface area contributed by atoms with Gasteiger partial charge in [0, 0.05) is 36.3 Å². The van der Waals surface area contributed by atoms with Crippen LogP contribution in [0, 0.1) is 0 Å². The summed E-state index contributed by atoms with van der Waals surface area (Å²) in [6.45, 7) is 0.0943. The van der Waals surface area contributed by atoms with Crippen LogP contribution in [0.3, 0.4) is 0 Å². The first kappa shape index (κ1) is 15.0. The Morgan fingerprint density at radius 1 is 1.24 bits per heavy atom. The lowest BCUT2D eigenvalue weighted by molar-refractivity contribution is 0.0950. The molecule has 2 aromatic rings. The van der Waals surface area contributed by atoms with Crippen molar-refractivity contribution in [2.45, 2.75) is 11.4 Å². The van der Waals surface area contributed by atoms with Crippen LogP contribution in [-0.2, 0) is 16.4 Å². The van der Waals surface area contributed by atoms with E-state index in [1.54, 1.807) is 12.1 Å². The van der Waals surface area contributed by atoms with E-state index >= 15 is 0 Å². The Kier molecular flexibility index (Phi) is 4.23. The van der Waals surface area contributed by atoms with Crippen molar-refractivity contribution in [3.63, 3.8) is 0 Å². The number of carbonyl (C=O) groups excluding carboxylic acids is 1. The van der Waals surface area contributed by atoms with Crippen LogP contribution in [0.5, 0.6) is 5.75 Å². The zero-order valence-electron chi connectivity index (χ0n) is 11.3. The van der Waals surface area contributed by atoms with Gasteiger partial charge in [-0.25, -0.2) is 8.42 Å². The molecule has 21 heavy (non-hydrogen) atoms.